The average Bonchev–Trinajstić information content (AvgIpc) is 3.57. The van der Waals surface area contributed by atoms with Crippen molar-refractivity contribution in [3.05, 3.63) is 42.5 Å². The summed E-state index contributed by atoms with van der Waals surface area (Å²) in [5, 5.41) is 16.1. The Morgan fingerprint density at radius 3 is 2.43 bits per heavy atom. The first-order valence-electron chi connectivity index (χ1n) is 20.5. The number of fused-ring (bicyclic) bond motifs is 3. The molecule has 0 amide bonds. The molecule has 2 aromatic heterocycles. The zero-order valence-corrected chi connectivity index (χ0v) is 34.5. The second kappa shape index (κ2) is 13.0. The average molecular weight is 731 g/mol. The highest BCUT2D eigenvalue weighted by molar-refractivity contribution is 5.73. The SMILES string of the molecule is CC(C)[C@@H](C)[C@@]1(C)CC[C@]2(C)[C@H]3CC[C@@H]4[C@@]5(COC[C@]4(C)[C@@H](OC[C@](C)(N)C(C)C)[C@H](n4ncnc4-c4cc[n+](C)cc4)C5)C3=CC[C@@]2(C)[C@@H]1C(=O)O. The molecule has 0 unspecified atom stereocenters. The van der Waals surface area contributed by atoms with Gasteiger partial charge in [0, 0.05) is 34.1 Å². The van der Waals surface area contributed by atoms with Crippen molar-refractivity contribution in [2.45, 2.75) is 125 Å². The van der Waals surface area contributed by atoms with E-state index in [1.54, 1.807) is 6.33 Å². The largest absolute Gasteiger partial charge is 0.481 e. The van der Waals surface area contributed by atoms with Crippen LogP contribution in [-0.4, -0.2) is 57.3 Å². The standard InChI is InChI=1S/C44H67N5O4/c1-27(2)29(5)39(6)18-19-41(8)31-12-13-34-40(7)23-52-25-44(34,32(31)14-17-42(41,9)35(39)38(50)51)22-33(36(40)53-24-43(10,45)28(3)4)49-37(46-26-47-49)30-15-20-48(11)21-16-30/h14-16,20-21,26-29,31,33-36H,12-13,17-19,22-25,45H2,1-11H3/p+1/t29-,31+,33-,34+,35-,36+,39-,40+,41-,42+,43+,44+/m1/s1. The van der Waals surface area contributed by atoms with Gasteiger partial charge < -0.3 is 20.3 Å². The molecule has 3 heterocycles. The number of ether oxygens (including phenoxy) is 2. The van der Waals surface area contributed by atoms with E-state index in [0.717, 1.165) is 49.9 Å². The molecule has 12 atom stereocenters. The monoisotopic (exact) mass is 731 g/mol. The Morgan fingerprint density at radius 2 is 1.79 bits per heavy atom. The lowest BCUT2D eigenvalue weighted by atomic mass is 9.34. The van der Waals surface area contributed by atoms with Gasteiger partial charge in [-0.1, -0.05) is 74.0 Å². The van der Waals surface area contributed by atoms with Crippen molar-refractivity contribution in [3.63, 3.8) is 0 Å². The van der Waals surface area contributed by atoms with Crippen LogP contribution in [0.2, 0.25) is 0 Å². The molecule has 1 saturated heterocycles. The molecule has 0 radical (unpaired) electrons. The summed E-state index contributed by atoms with van der Waals surface area (Å²) >= 11 is 0. The summed E-state index contributed by atoms with van der Waals surface area (Å²) in [6.07, 6.45) is 13.9. The number of nitrogens with two attached hydrogens (primary N) is 1. The van der Waals surface area contributed by atoms with Gasteiger partial charge in [-0.3, -0.25) is 4.79 Å². The summed E-state index contributed by atoms with van der Waals surface area (Å²) in [6.45, 7) is 24.5. The molecular weight excluding hydrogens is 663 g/mol. The van der Waals surface area contributed by atoms with Gasteiger partial charge in [0.1, 0.15) is 13.4 Å². The fourth-order valence-electron chi connectivity index (χ4n) is 12.9. The normalized spacial score (nSPS) is 41.2. The number of carboxylic acids is 1. The summed E-state index contributed by atoms with van der Waals surface area (Å²) in [6, 6.07) is 4.13. The second-order valence-electron chi connectivity index (χ2n) is 20.3. The Hall–Kier alpha value is -2.62. The minimum atomic E-state index is -0.620. The third kappa shape index (κ3) is 5.55. The molecule has 1 aliphatic heterocycles. The van der Waals surface area contributed by atoms with E-state index in [1.165, 1.54) is 5.57 Å². The van der Waals surface area contributed by atoms with Crippen molar-refractivity contribution in [2.75, 3.05) is 19.8 Å². The van der Waals surface area contributed by atoms with E-state index in [-0.39, 0.29) is 45.1 Å². The van der Waals surface area contributed by atoms with Crippen LogP contribution < -0.4 is 10.3 Å². The van der Waals surface area contributed by atoms with Crippen LogP contribution in [0.25, 0.3) is 11.4 Å². The molecule has 9 nitrogen and oxygen atoms in total. The van der Waals surface area contributed by atoms with Crippen molar-refractivity contribution in [1.29, 1.82) is 0 Å². The molecule has 4 aliphatic carbocycles. The van der Waals surface area contributed by atoms with Crippen LogP contribution in [-0.2, 0) is 21.3 Å². The maximum absolute atomic E-state index is 13.6. The molecule has 0 spiro atoms. The maximum Gasteiger partial charge on any atom is 0.307 e. The third-order valence-electron chi connectivity index (χ3n) is 17.1. The molecule has 5 aliphatic rings. The Bertz CT molecular complexity index is 1730. The highest BCUT2D eigenvalue weighted by Gasteiger charge is 2.72. The van der Waals surface area contributed by atoms with Gasteiger partial charge in [-0.15, -0.1) is 0 Å². The number of nitrogens with zero attached hydrogens (tertiary/aromatic N) is 4. The van der Waals surface area contributed by atoms with E-state index in [1.807, 2.05) is 11.6 Å². The minimum absolute atomic E-state index is 0.0939. The molecule has 9 heteroatoms. The number of rotatable bonds is 9. The Kier molecular flexibility index (Phi) is 9.46. The third-order valence-corrected chi connectivity index (χ3v) is 17.1. The first-order valence-corrected chi connectivity index (χ1v) is 20.5. The highest BCUT2D eigenvalue weighted by atomic mass is 16.5. The zero-order chi connectivity index (χ0) is 38.5. The lowest BCUT2D eigenvalue weighted by molar-refractivity contribution is -0.671. The molecule has 7 rings (SSSR count). The number of allylic oxidation sites excluding steroid dienone is 1. The molecule has 2 bridgehead atoms. The lowest BCUT2D eigenvalue weighted by Gasteiger charge is -2.71. The van der Waals surface area contributed by atoms with Crippen molar-refractivity contribution in [1.82, 2.24) is 14.8 Å². The van der Waals surface area contributed by atoms with Crippen molar-refractivity contribution >= 4 is 5.97 Å². The molecule has 2 aromatic rings. The first-order chi connectivity index (χ1) is 24.8. The van der Waals surface area contributed by atoms with Crippen molar-refractivity contribution < 1.29 is 23.9 Å². The number of aliphatic carboxylic acids is 1. The van der Waals surface area contributed by atoms with Crippen LogP contribution in [0.4, 0.5) is 0 Å². The molecule has 0 aromatic carbocycles. The number of carboxylic acid groups (broad SMARTS) is 1. The van der Waals surface area contributed by atoms with Gasteiger partial charge in [0.15, 0.2) is 18.2 Å². The van der Waals surface area contributed by atoms with E-state index in [2.05, 4.69) is 105 Å². The minimum Gasteiger partial charge on any atom is -0.481 e. The molecule has 3 saturated carbocycles. The molecule has 4 fully saturated rings. The van der Waals surface area contributed by atoms with E-state index >= 15 is 0 Å². The second-order valence-corrected chi connectivity index (χ2v) is 20.3. The van der Waals surface area contributed by atoms with Crippen LogP contribution in [0.15, 0.2) is 42.5 Å². The zero-order valence-electron chi connectivity index (χ0n) is 34.5. The van der Waals surface area contributed by atoms with E-state index < -0.39 is 17.4 Å². The van der Waals surface area contributed by atoms with Crippen LogP contribution in [0.1, 0.15) is 114 Å². The van der Waals surface area contributed by atoms with Crippen LogP contribution in [0, 0.1) is 62.6 Å². The van der Waals surface area contributed by atoms with Crippen LogP contribution in [0.3, 0.4) is 0 Å². The molecular formula is C44H68N5O4+. The van der Waals surface area contributed by atoms with E-state index in [0.29, 0.717) is 43.5 Å². The predicted molar refractivity (Wildman–Crippen MR) is 206 cm³/mol. The van der Waals surface area contributed by atoms with Gasteiger partial charge in [-0.2, -0.15) is 5.10 Å². The fraction of sp³-hybridized carbons (Fsp3) is 0.773. The molecule has 3 N–H and O–H groups in total. The van der Waals surface area contributed by atoms with Crippen molar-refractivity contribution in [2.24, 2.45) is 75.4 Å². The summed E-state index contributed by atoms with van der Waals surface area (Å²) in [5.41, 5.74) is 7.66. The number of carbonyl (C=O) groups is 1. The number of aryl methyl sites for hydroxylation is 1. The quantitative estimate of drug-likeness (QED) is 0.201. The fourth-order valence-corrected chi connectivity index (χ4v) is 12.9. The number of hydrogen-bond donors (Lipinski definition) is 2. The Balaban J connectivity index is 1.35. The summed E-state index contributed by atoms with van der Waals surface area (Å²) in [4.78, 5) is 18.4. The lowest BCUT2D eigenvalue weighted by Crippen LogP contribution is -2.69. The maximum atomic E-state index is 13.6. The molecule has 292 valence electrons. The van der Waals surface area contributed by atoms with Gasteiger partial charge in [-0.05, 0) is 91.3 Å². The summed E-state index contributed by atoms with van der Waals surface area (Å²) < 4.78 is 18.2. The smallest absolute Gasteiger partial charge is 0.307 e. The van der Waals surface area contributed by atoms with Gasteiger partial charge in [0.2, 0.25) is 0 Å². The first kappa shape index (κ1) is 38.6. The Labute approximate surface area is 318 Å². The van der Waals surface area contributed by atoms with Gasteiger partial charge in [0.25, 0.3) is 0 Å². The Morgan fingerprint density at radius 1 is 1.09 bits per heavy atom. The summed E-state index contributed by atoms with van der Waals surface area (Å²) in [5.74, 6) is 1.44. The number of hydrogen-bond acceptors (Lipinski definition) is 6. The summed E-state index contributed by atoms with van der Waals surface area (Å²) in [7, 11) is 2.03. The number of pyridine rings is 1. The van der Waals surface area contributed by atoms with E-state index in [4.69, 9.17) is 25.3 Å². The predicted octanol–water partition coefficient (Wildman–Crippen LogP) is 7.66. The molecule has 53 heavy (non-hydrogen) atoms. The van der Waals surface area contributed by atoms with Crippen LogP contribution in [0.5, 0.6) is 0 Å². The van der Waals surface area contributed by atoms with E-state index in [9.17, 15) is 9.90 Å². The van der Waals surface area contributed by atoms with Gasteiger partial charge in [-0.25, -0.2) is 14.2 Å². The topological polar surface area (TPSA) is 116 Å². The van der Waals surface area contributed by atoms with Gasteiger partial charge >= 0.3 is 5.97 Å². The van der Waals surface area contributed by atoms with Crippen LogP contribution >= 0.6 is 0 Å². The highest BCUT2D eigenvalue weighted by Crippen LogP contribution is 2.75. The number of aromatic nitrogens is 4. The van der Waals surface area contributed by atoms with Crippen molar-refractivity contribution in [3.8, 4) is 11.4 Å². The van der Waals surface area contributed by atoms with Gasteiger partial charge in [0.05, 0.1) is 37.9 Å².